The molecule has 132 valence electrons. The first-order valence-corrected chi connectivity index (χ1v) is 9.82. The van der Waals surface area contributed by atoms with Gasteiger partial charge in [-0.25, -0.2) is 0 Å². The van der Waals surface area contributed by atoms with Gasteiger partial charge in [-0.05, 0) is 67.6 Å². The van der Waals surface area contributed by atoms with Gasteiger partial charge in [-0.1, -0.05) is 13.8 Å². The van der Waals surface area contributed by atoms with E-state index in [4.69, 9.17) is 0 Å². The van der Waals surface area contributed by atoms with Crippen LogP contribution in [0.15, 0.2) is 0 Å². The predicted molar refractivity (Wildman–Crippen MR) is 91.3 cm³/mol. The fourth-order valence-electron chi connectivity index (χ4n) is 7.53. The maximum atomic E-state index is 13.3. The van der Waals surface area contributed by atoms with Crippen molar-refractivity contribution in [2.75, 3.05) is 0 Å². The van der Waals surface area contributed by atoms with Gasteiger partial charge >= 0.3 is 0 Å². The molecule has 0 amide bonds. The van der Waals surface area contributed by atoms with Gasteiger partial charge in [0, 0.05) is 31.1 Å². The average molecular weight is 330 g/mol. The highest BCUT2D eigenvalue weighted by Crippen LogP contribution is 2.66. The Morgan fingerprint density at radius 2 is 1.79 bits per heavy atom. The summed E-state index contributed by atoms with van der Waals surface area (Å²) in [6.45, 7) is 6.21. The molecule has 4 saturated carbocycles. The Morgan fingerprint density at radius 3 is 2.50 bits per heavy atom. The molecule has 0 aromatic rings. The van der Waals surface area contributed by atoms with Crippen LogP contribution in [0.25, 0.3) is 0 Å². The first-order valence-electron chi connectivity index (χ1n) is 9.82. The predicted octanol–water partition coefficient (Wildman–Crippen LogP) is 3.98. The lowest BCUT2D eigenvalue weighted by molar-refractivity contribution is -0.161. The number of fused-ring (bicyclic) bond motifs is 5. The van der Waals surface area contributed by atoms with E-state index < -0.39 is 0 Å². The van der Waals surface area contributed by atoms with Gasteiger partial charge in [0.2, 0.25) is 0 Å². The molecule has 0 N–H and O–H groups in total. The van der Waals surface area contributed by atoms with E-state index in [-0.39, 0.29) is 28.4 Å². The molecule has 0 radical (unpaired) electrons. The molecule has 0 saturated heterocycles. The van der Waals surface area contributed by atoms with Crippen molar-refractivity contribution in [3.05, 3.63) is 0 Å². The lowest BCUT2D eigenvalue weighted by atomic mass is 9.44. The zero-order chi connectivity index (χ0) is 17.3. The molecule has 0 aliphatic heterocycles. The fourth-order valence-corrected chi connectivity index (χ4v) is 7.53. The van der Waals surface area contributed by atoms with Crippen LogP contribution in [0.2, 0.25) is 0 Å². The van der Waals surface area contributed by atoms with Gasteiger partial charge in [0.05, 0.1) is 0 Å². The minimum atomic E-state index is -0.113. The Hall–Kier alpha value is -0.990. The van der Waals surface area contributed by atoms with Crippen molar-refractivity contribution >= 4 is 17.3 Å². The molecule has 0 spiro atoms. The molecule has 4 fully saturated rings. The number of carbonyl (C=O) groups is 3. The Kier molecular flexibility index (Phi) is 3.61. The molecule has 0 heterocycles. The van der Waals surface area contributed by atoms with E-state index in [1.807, 2.05) is 0 Å². The number of rotatable bonds is 1. The van der Waals surface area contributed by atoms with Gasteiger partial charge in [0.25, 0.3) is 0 Å². The highest BCUT2D eigenvalue weighted by Gasteiger charge is 2.63. The molecule has 4 aliphatic carbocycles. The number of ketones is 3. The fraction of sp³-hybridized carbons (Fsp3) is 0.857. The summed E-state index contributed by atoms with van der Waals surface area (Å²) in [5.74, 6) is 2.63. The number of hydrogen-bond acceptors (Lipinski definition) is 3. The van der Waals surface area contributed by atoms with Gasteiger partial charge in [-0.2, -0.15) is 0 Å². The highest BCUT2D eigenvalue weighted by molar-refractivity contribution is 5.87. The summed E-state index contributed by atoms with van der Waals surface area (Å²) >= 11 is 0. The van der Waals surface area contributed by atoms with Gasteiger partial charge in [0.1, 0.15) is 17.3 Å². The molecule has 4 aliphatic rings. The van der Waals surface area contributed by atoms with Crippen LogP contribution in [0.4, 0.5) is 0 Å². The van der Waals surface area contributed by atoms with E-state index in [9.17, 15) is 14.4 Å². The van der Waals surface area contributed by atoms with Crippen LogP contribution in [-0.2, 0) is 14.4 Å². The molecule has 24 heavy (non-hydrogen) atoms. The van der Waals surface area contributed by atoms with E-state index in [1.54, 1.807) is 6.92 Å². The summed E-state index contributed by atoms with van der Waals surface area (Å²) in [7, 11) is 0. The molecule has 0 aromatic heterocycles. The molecule has 3 heteroatoms. The molecule has 0 aromatic carbocycles. The second-order valence-electron chi connectivity index (χ2n) is 9.66. The van der Waals surface area contributed by atoms with Crippen molar-refractivity contribution in [3.63, 3.8) is 0 Å². The number of Topliss-reactive ketones (excluding diaryl/α,β-unsaturated/α-hetero) is 3. The molecule has 4 rings (SSSR count). The smallest absolute Gasteiger partial charge is 0.137 e. The Labute approximate surface area is 144 Å². The lowest BCUT2D eigenvalue weighted by Gasteiger charge is -2.59. The maximum absolute atomic E-state index is 13.3. The van der Waals surface area contributed by atoms with Crippen LogP contribution >= 0.6 is 0 Å². The Morgan fingerprint density at radius 1 is 1.04 bits per heavy atom. The van der Waals surface area contributed by atoms with E-state index >= 15 is 0 Å². The van der Waals surface area contributed by atoms with E-state index in [0.717, 1.165) is 32.1 Å². The van der Waals surface area contributed by atoms with E-state index in [1.165, 1.54) is 0 Å². The molecular weight excluding hydrogens is 300 g/mol. The molecule has 7 atom stereocenters. The Bertz CT molecular complexity index is 608. The minimum Gasteiger partial charge on any atom is -0.300 e. The van der Waals surface area contributed by atoms with Crippen LogP contribution in [-0.4, -0.2) is 17.3 Å². The second kappa shape index (κ2) is 5.25. The average Bonchev–Trinajstić information content (AvgIpc) is 2.84. The van der Waals surface area contributed by atoms with E-state index in [2.05, 4.69) is 13.8 Å². The maximum Gasteiger partial charge on any atom is 0.137 e. The monoisotopic (exact) mass is 330 g/mol. The summed E-state index contributed by atoms with van der Waals surface area (Å²) in [4.78, 5) is 37.4. The van der Waals surface area contributed by atoms with Crippen molar-refractivity contribution in [3.8, 4) is 0 Å². The summed E-state index contributed by atoms with van der Waals surface area (Å²) < 4.78 is 0. The summed E-state index contributed by atoms with van der Waals surface area (Å²) in [5.41, 5.74) is -0.0959. The summed E-state index contributed by atoms with van der Waals surface area (Å²) in [5, 5.41) is 0. The van der Waals surface area contributed by atoms with Crippen molar-refractivity contribution in [1.82, 2.24) is 0 Å². The number of hydrogen-bond donors (Lipinski definition) is 0. The molecule has 0 unspecified atom stereocenters. The first kappa shape index (κ1) is 16.5. The molecular formula is C21H30O3. The molecule has 3 nitrogen and oxygen atoms in total. The summed E-state index contributed by atoms with van der Waals surface area (Å²) in [6.07, 6.45) is 7.05. The van der Waals surface area contributed by atoms with E-state index in [0.29, 0.717) is 48.6 Å². The summed E-state index contributed by atoms with van der Waals surface area (Å²) in [6, 6.07) is 0. The van der Waals surface area contributed by atoms with Crippen LogP contribution < -0.4 is 0 Å². The normalized spacial score (nSPS) is 50.9. The third kappa shape index (κ3) is 2.05. The van der Waals surface area contributed by atoms with Gasteiger partial charge in [0.15, 0.2) is 0 Å². The largest absolute Gasteiger partial charge is 0.300 e. The highest BCUT2D eigenvalue weighted by atomic mass is 16.1. The van der Waals surface area contributed by atoms with Crippen LogP contribution in [0.5, 0.6) is 0 Å². The van der Waals surface area contributed by atoms with Crippen molar-refractivity contribution in [1.29, 1.82) is 0 Å². The second-order valence-corrected chi connectivity index (χ2v) is 9.66. The van der Waals surface area contributed by atoms with Gasteiger partial charge in [-0.3, -0.25) is 14.4 Å². The zero-order valence-electron chi connectivity index (χ0n) is 15.3. The quantitative estimate of drug-likeness (QED) is 0.730. The van der Waals surface area contributed by atoms with Crippen LogP contribution in [0.3, 0.4) is 0 Å². The van der Waals surface area contributed by atoms with Crippen LogP contribution in [0, 0.1) is 40.4 Å². The lowest BCUT2D eigenvalue weighted by Crippen LogP contribution is -2.57. The SMILES string of the molecule is CC(=O)[C@@H]1CC[C@@H]2[C@H]3CC[C@@H]4CC(=O)CC[C@@]4(C)[C@@H]3C(=O)C[C@]21C. The first-order chi connectivity index (χ1) is 11.3. The van der Waals surface area contributed by atoms with Crippen molar-refractivity contribution in [2.24, 2.45) is 40.4 Å². The van der Waals surface area contributed by atoms with Crippen LogP contribution in [0.1, 0.15) is 72.1 Å². The van der Waals surface area contributed by atoms with Crippen molar-refractivity contribution in [2.45, 2.75) is 72.1 Å². The zero-order valence-corrected chi connectivity index (χ0v) is 15.3. The molecule has 0 bridgehead atoms. The number of carbonyl (C=O) groups excluding carboxylic acids is 3. The topological polar surface area (TPSA) is 51.2 Å². The standard InChI is InChI=1S/C21H30O3/c1-12(22)16-6-7-17-15-5-4-13-10-14(23)8-9-20(13,2)19(15)18(24)11-21(16,17)3/h13,15-17,19H,4-11H2,1-3H3/t13-,15-,16+,17-,19+,20-,21+/m1/s1. The van der Waals surface area contributed by atoms with Crippen molar-refractivity contribution < 1.29 is 14.4 Å². The van der Waals surface area contributed by atoms with Gasteiger partial charge < -0.3 is 0 Å². The van der Waals surface area contributed by atoms with Gasteiger partial charge in [-0.15, -0.1) is 0 Å². The minimum absolute atomic E-state index is 0.0174. The third-order valence-electron chi connectivity index (χ3n) is 8.66. The Balaban J connectivity index is 1.69. The third-order valence-corrected chi connectivity index (χ3v) is 8.66.